The predicted molar refractivity (Wildman–Crippen MR) is 41.5 cm³/mol. The largest absolute Gasteiger partial charge is 0.254 e. The van der Waals surface area contributed by atoms with E-state index < -0.39 is 23.9 Å². The fourth-order valence-corrected chi connectivity index (χ4v) is 3.84. The van der Waals surface area contributed by atoms with E-state index in [1.54, 1.807) is 0 Å². The highest BCUT2D eigenvalue weighted by Gasteiger charge is 2.30. The zero-order chi connectivity index (χ0) is 8.48. The molecule has 0 spiro atoms. The minimum absolute atomic E-state index is 0.506. The van der Waals surface area contributed by atoms with E-state index in [1.165, 1.54) is 0 Å². The molecule has 4 nitrogen and oxygen atoms in total. The maximum absolute atomic E-state index is 10.9. The second kappa shape index (κ2) is 3.10. The van der Waals surface area contributed by atoms with Crippen molar-refractivity contribution in [2.75, 3.05) is 0 Å². The van der Waals surface area contributed by atoms with Gasteiger partial charge in [0.15, 0.2) is 0 Å². The quantitative estimate of drug-likeness (QED) is 0.496. The molecule has 0 bridgehead atoms. The maximum atomic E-state index is 10.9. The molecule has 1 aliphatic rings. The Morgan fingerprint density at radius 3 is 1.91 bits per heavy atom. The zero-order valence-corrected chi connectivity index (χ0v) is 7.61. The highest BCUT2D eigenvalue weighted by Crippen LogP contribution is 2.25. The molecule has 0 aromatic rings. The molecule has 1 fully saturated rings. The molecule has 0 aliphatic heterocycles. The number of thiol groups is 1. The molecule has 0 amide bonds. The number of hydrogen-bond donors (Lipinski definition) is 1. The van der Waals surface area contributed by atoms with Gasteiger partial charge in [-0.1, -0.05) is 12.8 Å². The fourth-order valence-electron chi connectivity index (χ4n) is 1.31. The molecule has 0 saturated heterocycles. The van der Waals surface area contributed by atoms with E-state index in [4.69, 9.17) is 0 Å². The molecule has 0 aromatic carbocycles. The van der Waals surface area contributed by atoms with Gasteiger partial charge in [-0.3, -0.25) is 0 Å². The monoisotopic (exact) mass is 198 g/mol. The third-order valence-electron chi connectivity index (χ3n) is 1.93. The van der Waals surface area contributed by atoms with E-state index in [2.05, 4.69) is 0 Å². The molecule has 0 unspecified atom stereocenters. The Balaban J connectivity index is 2.89. The van der Waals surface area contributed by atoms with Crippen LogP contribution in [0.2, 0.25) is 0 Å². The minimum Gasteiger partial charge on any atom is -0.216 e. The van der Waals surface area contributed by atoms with E-state index in [0.29, 0.717) is 12.8 Å². The Bertz CT molecular complexity index is 286. The van der Waals surface area contributed by atoms with E-state index >= 15 is 0 Å². The summed E-state index contributed by atoms with van der Waals surface area (Å²) < 4.78 is 42.4. The van der Waals surface area contributed by atoms with Crippen LogP contribution >= 0.6 is 0 Å². The van der Waals surface area contributed by atoms with Crippen LogP contribution in [0.3, 0.4) is 0 Å². The first-order valence-electron chi connectivity index (χ1n) is 3.43. The Morgan fingerprint density at radius 1 is 1.09 bits per heavy atom. The van der Waals surface area contributed by atoms with Crippen LogP contribution in [0.1, 0.15) is 25.7 Å². The van der Waals surface area contributed by atoms with Crippen molar-refractivity contribution in [3.8, 4) is 0 Å². The zero-order valence-electron chi connectivity index (χ0n) is 5.89. The number of hydrogen-bond acceptors (Lipinski definition) is 4. The van der Waals surface area contributed by atoms with Crippen LogP contribution in [-0.4, -0.2) is 22.1 Å². The third kappa shape index (κ3) is 1.73. The molecule has 1 saturated carbocycles. The van der Waals surface area contributed by atoms with Gasteiger partial charge in [0.25, 0.3) is 8.87 Å². The summed E-state index contributed by atoms with van der Waals surface area (Å²) in [6.45, 7) is 0. The molecule has 6 heteroatoms. The highest BCUT2D eigenvalue weighted by atomic mass is 33.1. The van der Waals surface area contributed by atoms with Crippen LogP contribution in [0.15, 0.2) is 0 Å². The van der Waals surface area contributed by atoms with Gasteiger partial charge in [-0.2, -0.15) is 0 Å². The summed E-state index contributed by atoms with van der Waals surface area (Å²) in [7, 11) is -7.11. The van der Waals surface area contributed by atoms with Crippen molar-refractivity contribution in [1.82, 2.24) is 0 Å². The van der Waals surface area contributed by atoms with Crippen molar-refractivity contribution in [1.29, 1.82) is 0 Å². The molecular weight excluding hydrogens is 188 g/mol. The SMILES string of the molecule is O=[SH](=O)S(=O)(=O)C1CCCC1. The summed E-state index contributed by atoms with van der Waals surface area (Å²) >= 11 is 0. The lowest BCUT2D eigenvalue weighted by atomic mass is 10.4. The molecular formula is C5H10O4S2. The average molecular weight is 198 g/mol. The molecule has 0 N–H and O–H groups in total. The topological polar surface area (TPSA) is 68.3 Å². The second-order valence-corrected chi connectivity index (χ2v) is 7.21. The second-order valence-electron chi connectivity index (χ2n) is 2.65. The van der Waals surface area contributed by atoms with Crippen molar-refractivity contribution in [3.63, 3.8) is 0 Å². The van der Waals surface area contributed by atoms with Gasteiger partial charge in [0, 0.05) is 0 Å². The highest BCUT2D eigenvalue weighted by molar-refractivity contribution is 8.59. The van der Waals surface area contributed by atoms with E-state index in [1.807, 2.05) is 0 Å². The number of rotatable bonds is 2. The smallest absolute Gasteiger partial charge is 0.216 e. The summed E-state index contributed by atoms with van der Waals surface area (Å²) in [5.41, 5.74) is 0. The molecule has 1 aliphatic carbocycles. The molecule has 1 rings (SSSR count). The Labute approximate surface area is 66.9 Å². The van der Waals surface area contributed by atoms with Gasteiger partial charge >= 0.3 is 0 Å². The molecule has 0 aromatic heterocycles. The van der Waals surface area contributed by atoms with Crippen LogP contribution < -0.4 is 0 Å². The van der Waals surface area contributed by atoms with Gasteiger partial charge in [0.05, 0.1) is 5.25 Å². The Hall–Kier alpha value is -0.100. The molecule has 0 heterocycles. The van der Waals surface area contributed by atoms with Crippen LogP contribution in [0.25, 0.3) is 0 Å². The molecule has 0 radical (unpaired) electrons. The first-order valence-corrected chi connectivity index (χ1v) is 6.76. The van der Waals surface area contributed by atoms with Crippen molar-refractivity contribution >= 4 is 18.6 Å². The van der Waals surface area contributed by atoms with E-state index in [-0.39, 0.29) is 0 Å². The first kappa shape index (κ1) is 8.99. The summed E-state index contributed by atoms with van der Waals surface area (Å²) in [5, 5.41) is -0.622. The van der Waals surface area contributed by atoms with Crippen molar-refractivity contribution in [2.24, 2.45) is 0 Å². The molecule has 66 valence electrons. The summed E-state index contributed by atoms with van der Waals surface area (Å²) in [4.78, 5) is 0. The van der Waals surface area contributed by atoms with Crippen molar-refractivity contribution in [3.05, 3.63) is 0 Å². The van der Waals surface area contributed by atoms with Crippen LogP contribution in [0.4, 0.5) is 0 Å². The standard InChI is InChI=1S/C5H10O4S2/c6-10(7)11(8,9)5-3-1-2-4-5/h5,10H,1-4H2. The van der Waals surface area contributed by atoms with Crippen LogP contribution in [0.5, 0.6) is 0 Å². The van der Waals surface area contributed by atoms with Gasteiger partial charge < -0.3 is 0 Å². The Morgan fingerprint density at radius 2 is 1.55 bits per heavy atom. The van der Waals surface area contributed by atoms with Crippen LogP contribution in [-0.2, 0) is 18.6 Å². The summed E-state index contributed by atoms with van der Waals surface area (Å²) in [6.07, 6.45) is 2.66. The van der Waals surface area contributed by atoms with E-state index in [0.717, 1.165) is 12.8 Å². The lowest BCUT2D eigenvalue weighted by Gasteiger charge is -2.02. The molecule has 11 heavy (non-hydrogen) atoms. The first-order chi connectivity index (χ1) is 5.05. The molecule has 0 atom stereocenters. The lowest BCUT2D eigenvalue weighted by molar-refractivity contribution is 0.580. The van der Waals surface area contributed by atoms with Crippen molar-refractivity contribution < 1.29 is 16.8 Å². The normalized spacial score (nSPS) is 21.2. The van der Waals surface area contributed by atoms with Gasteiger partial charge in [0.2, 0.25) is 9.74 Å². The Kier molecular flexibility index (Phi) is 2.54. The maximum Gasteiger partial charge on any atom is 0.254 e. The third-order valence-corrected chi connectivity index (χ3v) is 5.80. The minimum atomic E-state index is -3.82. The summed E-state index contributed by atoms with van der Waals surface area (Å²) in [6, 6.07) is 0. The van der Waals surface area contributed by atoms with Gasteiger partial charge in [-0.05, 0) is 12.8 Å². The lowest BCUT2D eigenvalue weighted by Crippen LogP contribution is -2.18. The van der Waals surface area contributed by atoms with Gasteiger partial charge in [-0.15, -0.1) is 0 Å². The average Bonchev–Trinajstić information content (AvgIpc) is 2.37. The van der Waals surface area contributed by atoms with Gasteiger partial charge in [-0.25, -0.2) is 16.8 Å². The van der Waals surface area contributed by atoms with Crippen molar-refractivity contribution in [2.45, 2.75) is 30.9 Å². The fraction of sp³-hybridized carbons (Fsp3) is 1.00. The van der Waals surface area contributed by atoms with Crippen LogP contribution in [0, 0.1) is 0 Å². The van der Waals surface area contributed by atoms with Gasteiger partial charge in [0.1, 0.15) is 0 Å². The van der Waals surface area contributed by atoms with E-state index in [9.17, 15) is 16.8 Å². The summed E-state index contributed by atoms with van der Waals surface area (Å²) in [5.74, 6) is 0. The predicted octanol–water partition coefficient (Wildman–Crippen LogP) is -0.130.